The van der Waals surface area contributed by atoms with E-state index in [9.17, 15) is 0 Å². The highest BCUT2D eigenvalue weighted by molar-refractivity contribution is 6.39. The minimum atomic E-state index is 0.144. The number of benzene rings is 2. The van der Waals surface area contributed by atoms with Gasteiger partial charge in [0.25, 0.3) is 0 Å². The van der Waals surface area contributed by atoms with E-state index in [1.165, 1.54) is 0 Å². The van der Waals surface area contributed by atoms with E-state index in [0.717, 1.165) is 55.4 Å². The van der Waals surface area contributed by atoms with E-state index in [2.05, 4.69) is 47.8 Å². The van der Waals surface area contributed by atoms with E-state index in [0.29, 0.717) is 49.2 Å². The molecule has 0 N–H and O–H groups in total. The molecule has 2 aromatic heterocycles. The van der Waals surface area contributed by atoms with Crippen LogP contribution in [0.3, 0.4) is 0 Å². The maximum atomic E-state index is 6.60. The molecule has 0 unspecified atom stereocenters. The second-order valence-corrected chi connectivity index (χ2v) is 12.4. The van der Waals surface area contributed by atoms with Crippen molar-refractivity contribution in [3.63, 3.8) is 0 Å². The van der Waals surface area contributed by atoms with Crippen LogP contribution in [0.25, 0.3) is 22.5 Å². The van der Waals surface area contributed by atoms with Crippen molar-refractivity contribution in [1.29, 1.82) is 0 Å². The number of nitrogens with zero attached hydrogens (tertiary/aromatic N) is 4. The maximum Gasteiger partial charge on any atom is 0.163 e. The summed E-state index contributed by atoms with van der Waals surface area (Å²) in [4.78, 5) is 4.78. The molecular formula is C30H32Cl4N4O2. The van der Waals surface area contributed by atoms with Gasteiger partial charge in [0.05, 0.1) is 20.1 Å². The first-order valence-electron chi connectivity index (χ1n) is 13.5. The van der Waals surface area contributed by atoms with Crippen molar-refractivity contribution in [1.82, 2.24) is 15.2 Å². The third-order valence-corrected chi connectivity index (χ3v) is 8.51. The molecule has 0 aliphatic carbocycles. The maximum absolute atomic E-state index is 6.60. The minimum absolute atomic E-state index is 0.144. The molecule has 10 heteroatoms. The Kier molecular flexibility index (Phi) is 9.03. The Labute approximate surface area is 255 Å². The van der Waals surface area contributed by atoms with Crippen LogP contribution in [0.4, 0.5) is 5.69 Å². The summed E-state index contributed by atoms with van der Waals surface area (Å²) in [6, 6.07) is 11.0. The summed E-state index contributed by atoms with van der Waals surface area (Å²) in [5, 5.41) is 11.1. The third-order valence-electron chi connectivity index (χ3n) is 7.25. The number of rotatable bonds is 7. The van der Waals surface area contributed by atoms with Gasteiger partial charge in [-0.25, -0.2) is 0 Å². The van der Waals surface area contributed by atoms with E-state index in [-0.39, 0.29) is 11.8 Å². The normalized spacial score (nSPS) is 14.9. The minimum Gasteiger partial charge on any atom is -0.366 e. The van der Waals surface area contributed by atoms with Crippen LogP contribution in [-0.2, 0) is 6.54 Å². The zero-order valence-electron chi connectivity index (χ0n) is 23.0. The average molecular weight is 622 g/mol. The van der Waals surface area contributed by atoms with Gasteiger partial charge >= 0.3 is 0 Å². The molecule has 0 atom stereocenters. The predicted molar refractivity (Wildman–Crippen MR) is 164 cm³/mol. The number of aromatic nitrogens is 2. The first kappa shape index (κ1) is 29.3. The van der Waals surface area contributed by atoms with Crippen LogP contribution in [0.5, 0.6) is 0 Å². The van der Waals surface area contributed by atoms with Gasteiger partial charge in [0.1, 0.15) is 22.8 Å². The quantitative estimate of drug-likeness (QED) is 0.205. The highest BCUT2D eigenvalue weighted by Gasteiger charge is 2.30. The molecule has 0 amide bonds. The Morgan fingerprint density at radius 1 is 0.700 bits per heavy atom. The molecule has 0 saturated carbocycles. The second kappa shape index (κ2) is 12.3. The first-order valence-corrected chi connectivity index (χ1v) is 15.0. The lowest BCUT2D eigenvalue weighted by molar-refractivity contribution is 0.281. The Morgan fingerprint density at radius 2 is 1.23 bits per heavy atom. The van der Waals surface area contributed by atoms with E-state index < -0.39 is 0 Å². The van der Waals surface area contributed by atoms with Crippen LogP contribution < -0.4 is 4.90 Å². The number of halogens is 4. The van der Waals surface area contributed by atoms with E-state index >= 15 is 0 Å². The smallest absolute Gasteiger partial charge is 0.163 e. The lowest BCUT2D eigenvalue weighted by Gasteiger charge is -2.25. The van der Waals surface area contributed by atoms with Crippen LogP contribution in [0.2, 0.25) is 20.1 Å². The van der Waals surface area contributed by atoms with Gasteiger partial charge in [0, 0.05) is 61.2 Å². The van der Waals surface area contributed by atoms with Gasteiger partial charge in [-0.05, 0) is 30.7 Å². The molecule has 0 bridgehead atoms. The Bertz CT molecular complexity index is 1460. The molecule has 1 aliphatic heterocycles. The van der Waals surface area contributed by atoms with Crippen LogP contribution in [0.1, 0.15) is 63.0 Å². The van der Waals surface area contributed by atoms with Crippen LogP contribution in [0.15, 0.2) is 45.4 Å². The van der Waals surface area contributed by atoms with Crippen molar-refractivity contribution in [2.24, 2.45) is 0 Å². The monoisotopic (exact) mass is 620 g/mol. The van der Waals surface area contributed by atoms with Gasteiger partial charge in [-0.1, -0.05) is 96.5 Å². The average Bonchev–Trinajstić information content (AvgIpc) is 3.43. The SMILES string of the molecule is CC(C)c1onc(-c2c(Cl)cccc2Cl)c1CN1CCCN(c2c(-c3c(Cl)cccc3Cl)noc2C(C)C)CC1. The third kappa shape index (κ3) is 5.75. The molecule has 40 heavy (non-hydrogen) atoms. The molecule has 5 rings (SSSR count). The van der Waals surface area contributed by atoms with Gasteiger partial charge in [0.15, 0.2) is 5.76 Å². The van der Waals surface area contributed by atoms with E-state index in [1.54, 1.807) is 0 Å². The Hall–Kier alpha value is -2.22. The zero-order valence-corrected chi connectivity index (χ0v) is 26.0. The van der Waals surface area contributed by atoms with Crippen molar-refractivity contribution in [2.45, 2.75) is 52.5 Å². The van der Waals surface area contributed by atoms with E-state index in [4.69, 9.17) is 55.4 Å². The lowest BCUT2D eigenvalue weighted by atomic mass is 10.00. The number of hydrogen-bond donors (Lipinski definition) is 0. The topological polar surface area (TPSA) is 58.5 Å². The fourth-order valence-electron chi connectivity index (χ4n) is 5.30. The first-order chi connectivity index (χ1) is 19.2. The van der Waals surface area contributed by atoms with Crippen molar-refractivity contribution >= 4 is 52.1 Å². The molecule has 2 aromatic carbocycles. The number of hydrogen-bond acceptors (Lipinski definition) is 6. The molecule has 4 aromatic rings. The second-order valence-electron chi connectivity index (χ2n) is 10.7. The molecule has 0 radical (unpaired) electrons. The molecule has 0 spiro atoms. The Balaban J connectivity index is 1.45. The van der Waals surface area contributed by atoms with Crippen LogP contribution in [0, 0.1) is 0 Å². The molecule has 1 saturated heterocycles. The summed E-state index contributed by atoms with van der Waals surface area (Å²) >= 11 is 26.4. The van der Waals surface area contributed by atoms with Crippen LogP contribution >= 0.6 is 46.4 Å². The van der Waals surface area contributed by atoms with Gasteiger partial charge < -0.3 is 13.9 Å². The molecule has 212 valence electrons. The fraction of sp³-hybridized carbons (Fsp3) is 0.400. The largest absolute Gasteiger partial charge is 0.366 e. The predicted octanol–water partition coefficient (Wildman–Crippen LogP) is 9.57. The summed E-state index contributed by atoms with van der Waals surface area (Å²) < 4.78 is 11.7. The highest BCUT2D eigenvalue weighted by Crippen LogP contribution is 2.44. The van der Waals surface area contributed by atoms with Gasteiger partial charge in [-0.2, -0.15) is 0 Å². The van der Waals surface area contributed by atoms with Crippen molar-refractivity contribution in [2.75, 3.05) is 31.1 Å². The fourth-order valence-corrected chi connectivity index (χ4v) is 6.45. The summed E-state index contributed by atoms with van der Waals surface area (Å²) in [5.74, 6) is 1.99. The van der Waals surface area contributed by atoms with E-state index in [1.807, 2.05) is 36.4 Å². The van der Waals surface area contributed by atoms with Crippen LogP contribution in [-0.4, -0.2) is 41.4 Å². The summed E-state index contributed by atoms with van der Waals surface area (Å²) in [6.07, 6.45) is 0.947. The van der Waals surface area contributed by atoms with Gasteiger partial charge in [-0.15, -0.1) is 0 Å². The summed E-state index contributed by atoms with van der Waals surface area (Å²) in [5.41, 5.74) is 4.78. The molecular weight excluding hydrogens is 590 g/mol. The highest BCUT2D eigenvalue weighted by atomic mass is 35.5. The summed E-state index contributed by atoms with van der Waals surface area (Å²) in [6.45, 7) is 12.4. The van der Waals surface area contributed by atoms with Crippen molar-refractivity contribution in [3.8, 4) is 22.5 Å². The lowest BCUT2D eigenvalue weighted by Crippen LogP contribution is -2.31. The molecule has 6 nitrogen and oxygen atoms in total. The van der Waals surface area contributed by atoms with Gasteiger partial charge in [-0.3, -0.25) is 4.90 Å². The van der Waals surface area contributed by atoms with Crippen molar-refractivity contribution < 1.29 is 9.05 Å². The molecule has 3 heterocycles. The molecule has 1 aliphatic rings. The van der Waals surface area contributed by atoms with Crippen molar-refractivity contribution in [3.05, 3.63) is 73.6 Å². The van der Waals surface area contributed by atoms with Gasteiger partial charge in [0.2, 0.25) is 0 Å². The number of anilines is 1. The standard InChI is InChI=1S/C30H32Cl4N4O2/c1-17(2)29-19(26(35-39-29)24-20(31)8-5-9-21(24)32)16-37-12-7-13-38(15-14-37)28-27(36-40-30(28)18(3)4)25-22(33)10-6-11-23(25)34/h5-6,8-11,17-18H,7,12-16H2,1-4H3. The summed E-state index contributed by atoms with van der Waals surface area (Å²) in [7, 11) is 0. The molecule has 1 fully saturated rings. The zero-order chi connectivity index (χ0) is 28.6. The Morgan fingerprint density at radius 3 is 1.80 bits per heavy atom.